The van der Waals surface area contributed by atoms with Crippen LogP contribution in [0.4, 0.5) is 10.1 Å². The van der Waals surface area contributed by atoms with Crippen LogP contribution in [-0.2, 0) is 13.0 Å². The number of halogens is 1. The molecule has 2 heteroatoms. The van der Waals surface area contributed by atoms with Crippen molar-refractivity contribution in [3.05, 3.63) is 65.5 Å². The van der Waals surface area contributed by atoms with E-state index in [1.54, 1.807) is 6.07 Å². The topological polar surface area (TPSA) is 12.0 Å². The van der Waals surface area contributed by atoms with Crippen LogP contribution in [0.1, 0.15) is 24.5 Å². The molecule has 0 aromatic heterocycles. The number of nitrogens with one attached hydrogen (secondary N) is 1. The summed E-state index contributed by atoms with van der Waals surface area (Å²) in [5.74, 6) is -0.210. The minimum atomic E-state index is -0.210. The predicted octanol–water partition coefficient (Wildman–Crippen LogP) is 4.39. The first-order chi connectivity index (χ1) is 8.78. The maximum atomic E-state index is 13.0. The summed E-state index contributed by atoms with van der Waals surface area (Å²) >= 11 is 0. The molecule has 0 bridgehead atoms. The van der Waals surface area contributed by atoms with Gasteiger partial charge in [0.1, 0.15) is 5.82 Å². The first-order valence-corrected chi connectivity index (χ1v) is 6.35. The summed E-state index contributed by atoms with van der Waals surface area (Å²) in [4.78, 5) is 0. The second-order valence-corrected chi connectivity index (χ2v) is 4.43. The fraction of sp³-hybridized carbons (Fsp3) is 0.250. The second-order valence-electron chi connectivity index (χ2n) is 4.43. The maximum Gasteiger partial charge on any atom is 0.125 e. The molecule has 2 rings (SSSR count). The van der Waals surface area contributed by atoms with E-state index in [1.165, 1.54) is 29.7 Å². The standard InChI is InChI=1S/C16H18FN/c1-2-4-13-7-9-14(10-8-13)12-18-16-6-3-5-15(17)11-16/h3,5-11,18H,2,4,12H2,1H3. The number of rotatable bonds is 5. The maximum absolute atomic E-state index is 13.0. The summed E-state index contributed by atoms with van der Waals surface area (Å²) in [6.07, 6.45) is 2.29. The second kappa shape index (κ2) is 6.20. The summed E-state index contributed by atoms with van der Waals surface area (Å²) < 4.78 is 13.0. The molecule has 0 spiro atoms. The van der Waals surface area contributed by atoms with E-state index in [1.807, 2.05) is 6.07 Å². The van der Waals surface area contributed by atoms with Crippen molar-refractivity contribution in [2.24, 2.45) is 0 Å². The third-order valence-electron chi connectivity index (χ3n) is 2.88. The van der Waals surface area contributed by atoms with E-state index in [9.17, 15) is 4.39 Å². The van der Waals surface area contributed by atoms with Gasteiger partial charge in [0, 0.05) is 12.2 Å². The minimum absolute atomic E-state index is 0.210. The third-order valence-corrected chi connectivity index (χ3v) is 2.88. The fourth-order valence-electron chi connectivity index (χ4n) is 1.92. The smallest absolute Gasteiger partial charge is 0.125 e. The quantitative estimate of drug-likeness (QED) is 0.821. The van der Waals surface area contributed by atoms with E-state index < -0.39 is 0 Å². The molecule has 94 valence electrons. The van der Waals surface area contributed by atoms with Gasteiger partial charge in [-0.3, -0.25) is 0 Å². The van der Waals surface area contributed by atoms with E-state index >= 15 is 0 Å². The van der Waals surface area contributed by atoms with Crippen molar-refractivity contribution in [2.75, 3.05) is 5.32 Å². The van der Waals surface area contributed by atoms with Crippen LogP contribution < -0.4 is 5.32 Å². The first kappa shape index (κ1) is 12.6. The zero-order chi connectivity index (χ0) is 12.8. The zero-order valence-corrected chi connectivity index (χ0v) is 10.6. The molecule has 0 saturated heterocycles. The Bertz CT molecular complexity index is 491. The first-order valence-electron chi connectivity index (χ1n) is 6.35. The van der Waals surface area contributed by atoms with Crippen molar-refractivity contribution in [1.82, 2.24) is 0 Å². The van der Waals surface area contributed by atoms with Crippen molar-refractivity contribution in [3.63, 3.8) is 0 Å². The minimum Gasteiger partial charge on any atom is -0.381 e. The highest BCUT2D eigenvalue weighted by Crippen LogP contribution is 2.12. The Morgan fingerprint density at radius 2 is 1.72 bits per heavy atom. The summed E-state index contributed by atoms with van der Waals surface area (Å²) in [6.45, 7) is 2.90. The molecule has 0 atom stereocenters. The molecule has 0 aliphatic rings. The van der Waals surface area contributed by atoms with Crippen LogP contribution >= 0.6 is 0 Å². The summed E-state index contributed by atoms with van der Waals surface area (Å²) in [6, 6.07) is 15.1. The fourth-order valence-corrected chi connectivity index (χ4v) is 1.92. The van der Waals surface area contributed by atoms with Gasteiger partial charge < -0.3 is 5.32 Å². The van der Waals surface area contributed by atoms with Gasteiger partial charge in [-0.25, -0.2) is 4.39 Å². The molecule has 0 amide bonds. The Labute approximate surface area is 108 Å². The van der Waals surface area contributed by atoms with Gasteiger partial charge in [-0.1, -0.05) is 43.7 Å². The van der Waals surface area contributed by atoms with Gasteiger partial charge in [0.2, 0.25) is 0 Å². The van der Waals surface area contributed by atoms with Gasteiger partial charge in [-0.15, -0.1) is 0 Å². The summed E-state index contributed by atoms with van der Waals surface area (Å²) in [5.41, 5.74) is 3.39. The number of aryl methyl sites for hydroxylation is 1. The Kier molecular flexibility index (Phi) is 4.35. The van der Waals surface area contributed by atoms with Gasteiger partial charge in [-0.05, 0) is 35.7 Å². The average molecular weight is 243 g/mol. The zero-order valence-electron chi connectivity index (χ0n) is 10.6. The van der Waals surface area contributed by atoms with Crippen LogP contribution in [0.5, 0.6) is 0 Å². The molecular formula is C16H18FN. The van der Waals surface area contributed by atoms with Crippen LogP contribution in [0.15, 0.2) is 48.5 Å². The van der Waals surface area contributed by atoms with Crippen LogP contribution in [0.2, 0.25) is 0 Å². The molecule has 0 aliphatic carbocycles. The third kappa shape index (κ3) is 3.59. The van der Waals surface area contributed by atoms with Gasteiger partial charge in [0.05, 0.1) is 0 Å². The molecule has 0 aliphatic heterocycles. The van der Waals surface area contributed by atoms with Crippen LogP contribution in [-0.4, -0.2) is 0 Å². The predicted molar refractivity (Wildman–Crippen MR) is 74.2 cm³/mol. The largest absolute Gasteiger partial charge is 0.381 e. The van der Waals surface area contributed by atoms with Crippen LogP contribution in [0.25, 0.3) is 0 Å². The summed E-state index contributed by atoms with van der Waals surface area (Å²) in [5, 5.41) is 3.21. The van der Waals surface area contributed by atoms with Crippen molar-refractivity contribution in [1.29, 1.82) is 0 Å². The molecule has 0 radical (unpaired) electrons. The number of anilines is 1. The highest BCUT2D eigenvalue weighted by Gasteiger charge is 1.96. The molecule has 1 nitrogen and oxygen atoms in total. The molecule has 0 heterocycles. The van der Waals surface area contributed by atoms with E-state index in [2.05, 4.69) is 36.5 Å². The lowest BCUT2D eigenvalue weighted by Gasteiger charge is -2.07. The number of hydrogen-bond donors (Lipinski definition) is 1. The molecule has 1 N–H and O–H groups in total. The molecule has 18 heavy (non-hydrogen) atoms. The molecule has 2 aromatic rings. The molecule has 0 saturated carbocycles. The Hall–Kier alpha value is -1.83. The van der Waals surface area contributed by atoms with E-state index in [0.29, 0.717) is 0 Å². The van der Waals surface area contributed by atoms with E-state index in [0.717, 1.165) is 18.7 Å². The lowest BCUT2D eigenvalue weighted by atomic mass is 10.1. The highest BCUT2D eigenvalue weighted by atomic mass is 19.1. The van der Waals surface area contributed by atoms with E-state index in [-0.39, 0.29) is 5.82 Å². The van der Waals surface area contributed by atoms with Crippen molar-refractivity contribution >= 4 is 5.69 Å². The van der Waals surface area contributed by atoms with Crippen molar-refractivity contribution in [3.8, 4) is 0 Å². The van der Waals surface area contributed by atoms with Crippen LogP contribution in [0.3, 0.4) is 0 Å². The molecular weight excluding hydrogens is 225 g/mol. The average Bonchev–Trinajstić information content (AvgIpc) is 2.38. The van der Waals surface area contributed by atoms with E-state index in [4.69, 9.17) is 0 Å². The monoisotopic (exact) mass is 243 g/mol. The lowest BCUT2D eigenvalue weighted by molar-refractivity contribution is 0.628. The normalized spacial score (nSPS) is 10.3. The van der Waals surface area contributed by atoms with Gasteiger partial charge in [0.15, 0.2) is 0 Å². The van der Waals surface area contributed by atoms with Crippen molar-refractivity contribution in [2.45, 2.75) is 26.3 Å². The van der Waals surface area contributed by atoms with Gasteiger partial charge in [0.25, 0.3) is 0 Å². The van der Waals surface area contributed by atoms with Crippen LogP contribution in [0, 0.1) is 5.82 Å². The van der Waals surface area contributed by atoms with Gasteiger partial charge >= 0.3 is 0 Å². The number of hydrogen-bond acceptors (Lipinski definition) is 1. The highest BCUT2D eigenvalue weighted by molar-refractivity contribution is 5.43. The van der Waals surface area contributed by atoms with Gasteiger partial charge in [-0.2, -0.15) is 0 Å². The van der Waals surface area contributed by atoms with Crippen molar-refractivity contribution < 1.29 is 4.39 Å². The summed E-state index contributed by atoms with van der Waals surface area (Å²) in [7, 11) is 0. The SMILES string of the molecule is CCCc1ccc(CNc2cccc(F)c2)cc1. The Morgan fingerprint density at radius 1 is 1.00 bits per heavy atom. The molecule has 0 unspecified atom stereocenters. The Morgan fingerprint density at radius 3 is 2.39 bits per heavy atom. The Balaban J connectivity index is 1.93. The molecule has 0 fully saturated rings. The number of benzene rings is 2. The molecule has 2 aromatic carbocycles. The lowest BCUT2D eigenvalue weighted by Crippen LogP contribution is -1.99.